The highest BCUT2D eigenvalue weighted by atomic mass is 19.1. The maximum absolute atomic E-state index is 12.8. The van der Waals surface area contributed by atoms with Crippen molar-refractivity contribution in [3.05, 3.63) is 30.1 Å². The van der Waals surface area contributed by atoms with E-state index in [1.54, 1.807) is 0 Å². The van der Waals surface area contributed by atoms with Crippen molar-refractivity contribution in [2.24, 2.45) is 0 Å². The number of carbonyl (C=O) groups excluding carboxylic acids is 2. The van der Waals surface area contributed by atoms with Gasteiger partial charge < -0.3 is 19.1 Å². The molecule has 0 saturated carbocycles. The fraction of sp³-hybridized carbons (Fsp3) is 0.467. The number of esters is 1. The zero-order valence-corrected chi connectivity index (χ0v) is 12.5. The summed E-state index contributed by atoms with van der Waals surface area (Å²) in [4.78, 5) is 25.4. The number of halogens is 1. The first kappa shape index (κ1) is 16.2. The maximum atomic E-state index is 12.8. The van der Waals surface area contributed by atoms with Gasteiger partial charge in [-0.2, -0.15) is 0 Å². The minimum absolute atomic E-state index is 0.209. The van der Waals surface area contributed by atoms with Crippen LogP contribution < -0.4 is 4.74 Å². The normalized spacial score (nSPS) is 20.8. The number of rotatable bonds is 5. The Balaban J connectivity index is 1.97. The third-order valence-corrected chi connectivity index (χ3v) is 3.57. The molecule has 2 atom stereocenters. The summed E-state index contributed by atoms with van der Waals surface area (Å²) in [6, 6.07) is 4.69. The summed E-state index contributed by atoms with van der Waals surface area (Å²) in [7, 11) is 2.81. The lowest BCUT2D eigenvalue weighted by molar-refractivity contribution is -0.151. The summed E-state index contributed by atoms with van der Waals surface area (Å²) in [6.07, 6.45) is 0.185. The van der Waals surface area contributed by atoms with Crippen LogP contribution in [0.5, 0.6) is 5.75 Å². The van der Waals surface area contributed by atoms with E-state index in [1.165, 1.54) is 43.4 Å². The van der Waals surface area contributed by atoms with E-state index in [-0.39, 0.29) is 24.4 Å². The standard InChI is InChI=1S/C15H18FNO5/c1-20-12-7-13(15(19)21-2)17(8-12)14(18)9-22-11-5-3-10(16)4-6-11/h3-6,12-13H,7-9H2,1-2H3/t12-,13+/m1/s1. The van der Waals surface area contributed by atoms with E-state index in [9.17, 15) is 14.0 Å². The van der Waals surface area contributed by atoms with Gasteiger partial charge in [0.25, 0.3) is 5.91 Å². The molecule has 22 heavy (non-hydrogen) atoms. The van der Waals surface area contributed by atoms with Crippen LogP contribution in [0.15, 0.2) is 24.3 Å². The Bertz CT molecular complexity index is 533. The first-order valence-corrected chi connectivity index (χ1v) is 6.83. The lowest BCUT2D eigenvalue weighted by atomic mass is 10.2. The van der Waals surface area contributed by atoms with Gasteiger partial charge in [0, 0.05) is 20.1 Å². The molecule has 0 spiro atoms. The fourth-order valence-electron chi connectivity index (χ4n) is 2.36. The van der Waals surface area contributed by atoms with Crippen LogP contribution in [0.3, 0.4) is 0 Å². The summed E-state index contributed by atoms with van der Waals surface area (Å²) in [5.41, 5.74) is 0. The molecule has 0 aromatic heterocycles. The predicted molar refractivity (Wildman–Crippen MR) is 74.8 cm³/mol. The Hall–Kier alpha value is -2.15. The van der Waals surface area contributed by atoms with Gasteiger partial charge in [-0.1, -0.05) is 0 Å². The zero-order valence-electron chi connectivity index (χ0n) is 12.5. The molecule has 0 unspecified atom stereocenters. The van der Waals surface area contributed by atoms with E-state index >= 15 is 0 Å². The molecule has 1 amide bonds. The van der Waals surface area contributed by atoms with Crippen molar-refractivity contribution in [1.82, 2.24) is 4.90 Å². The number of likely N-dealkylation sites (tertiary alicyclic amines) is 1. The number of ether oxygens (including phenoxy) is 3. The number of hydrogen-bond acceptors (Lipinski definition) is 5. The summed E-state index contributed by atoms with van der Waals surface area (Å²) in [5, 5.41) is 0. The van der Waals surface area contributed by atoms with E-state index in [0.717, 1.165) is 0 Å². The van der Waals surface area contributed by atoms with Crippen LogP contribution in [0.1, 0.15) is 6.42 Å². The average molecular weight is 311 g/mol. The topological polar surface area (TPSA) is 65.1 Å². The third-order valence-electron chi connectivity index (χ3n) is 3.57. The molecule has 2 rings (SSSR count). The van der Waals surface area contributed by atoms with Gasteiger partial charge in [-0.3, -0.25) is 4.79 Å². The molecule has 1 aromatic rings. The van der Waals surface area contributed by atoms with E-state index in [2.05, 4.69) is 0 Å². The Morgan fingerprint density at radius 1 is 1.27 bits per heavy atom. The van der Waals surface area contributed by atoms with Crippen molar-refractivity contribution < 1.29 is 28.2 Å². The second-order valence-electron chi connectivity index (χ2n) is 4.92. The smallest absolute Gasteiger partial charge is 0.328 e. The van der Waals surface area contributed by atoms with Crippen molar-refractivity contribution in [3.63, 3.8) is 0 Å². The quantitative estimate of drug-likeness (QED) is 0.759. The highest BCUT2D eigenvalue weighted by molar-refractivity contribution is 5.86. The Morgan fingerprint density at radius 3 is 2.55 bits per heavy atom. The van der Waals surface area contributed by atoms with E-state index in [4.69, 9.17) is 14.2 Å². The minimum atomic E-state index is -0.667. The van der Waals surface area contributed by atoms with Crippen molar-refractivity contribution in [3.8, 4) is 5.75 Å². The van der Waals surface area contributed by atoms with Crippen LogP contribution in [0.2, 0.25) is 0 Å². The molecule has 1 heterocycles. The summed E-state index contributed by atoms with van der Waals surface area (Å²) in [6.45, 7) is 0.0669. The molecule has 7 heteroatoms. The highest BCUT2D eigenvalue weighted by Gasteiger charge is 2.40. The van der Waals surface area contributed by atoms with Crippen LogP contribution in [-0.2, 0) is 19.1 Å². The number of carbonyl (C=O) groups is 2. The molecule has 0 radical (unpaired) electrons. The first-order chi connectivity index (χ1) is 10.5. The molecular formula is C15H18FNO5. The summed E-state index contributed by atoms with van der Waals surface area (Å²) in [5.74, 6) is -0.826. The lowest BCUT2D eigenvalue weighted by Crippen LogP contribution is -2.43. The SMILES string of the molecule is COC(=O)[C@@H]1C[C@@H](OC)CN1C(=O)COc1ccc(F)cc1. The van der Waals surface area contributed by atoms with Crippen molar-refractivity contribution >= 4 is 11.9 Å². The Morgan fingerprint density at radius 2 is 1.95 bits per heavy atom. The molecule has 120 valence electrons. The van der Waals surface area contributed by atoms with E-state index in [1.807, 2.05) is 0 Å². The molecule has 0 N–H and O–H groups in total. The van der Waals surface area contributed by atoms with Gasteiger partial charge in [-0.15, -0.1) is 0 Å². The number of benzene rings is 1. The van der Waals surface area contributed by atoms with Gasteiger partial charge in [-0.25, -0.2) is 9.18 Å². The molecule has 1 saturated heterocycles. The van der Waals surface area contributed by atoms with Gasteiger partial charge >= 0.3 is 5.97 Å². The van der Waals surface area contributed by atoms with Gasteiger partial charge in [0.1, 0.15) is 17.6 Å². The average Bonchev–Trinajstić information content (AvgIpc) is 2.97. The summed E-state index contributed by atoms with van der Waals surface area (Å²) >= 11 is 0. The Kier molecular flexibility index (Phi) is 5.32. The maximum Gasteiger partial charge on any atom is 0.328 e. The molecule has 1 aliphatic heterocycles. The van der Waals surface area contributed by atoms with Crippen molar-refractivity contribution in [2.45, 2.75) is 18.6 Å². The lowest BCUT2D eigenvalue weighted by Gasteiger charge is -2.22. The molecule has 1 aliphatic rings. The van der Waals surface area contributed by atoms with Gasteiger partial charge in [0.15, 0.2) is 6.61 Å². The fourth-order valence-corrected chi connectivity index (χ4v) is 2.36. The van der Waals surface area contributed by atoms with Crippen molar-refractivity contribution in [2.75, 3.05) is 27.4 Å². The first-order valence-electron chi connectivity index (χ1n) is 6.83. The monoisotopic (exact) mass is 311 g/mol. The van der Waals surface area contributed by atoms with E-state index < -0.39 is 12.0 Å². The second-order valence-corrected chi connectivity index (χ2v) is 4.92. The van der Waals surface area contributed by atoms with Gasteiger partial charge in [0.2, 0.25) is 0 Å². The van der Waals surface area contributed by atoms with Gasteiger partial charge in [0.05, 0.1) is 13.2 Å². The molecule has 1 aromatic carbocycles. The second kappa shape index (κ2) is 7.22. The zero-order chi connectivity index (χ0) is 16.1. The third kappa shape index (κ3) is 3.73. The molecule has 0 aliphatic carbocycles. The van der Waals surface area contributed by atoms with Crippen LogP contribution in [0.4, 0.5) is 4.39 Å². The van der Waals surface area contributed by atoms with Gasteiger partial charge in [-0.05, 0) is 24.3 Å². The number of hydrogen-bond donors (Lipinski definition) is 0. The van der Waals surface area contributed by atoms with Crippen LogP contribution in [0, 0.1) is 5.82 Å². The van der Waals surface area contributed by atoms with Crippen LogP contribution in [-0.4, -0.2) is 56.3 Å². The van der Waals surface area contributed by atoms with Crippen LogP contribution >= 0.6 is 0 Å². The summed E-state index contributed by atoms with van der Waals surface area (Å²) < 4.78 is 28.0. The number of amides is 1. The van der Waals surface area contributed by atoms with E-state index in [0.29, 0.717) is 18.7 Å². The number of nitrogens with zero attached hydrogens (tertiary/aromatic N) is 1. The minimum Gasteiger partial charge on any atom is -0.484 e. The molecule has 6 nitrogen and oxygen atoms in total. The molecular weight excluding hydrogens is 293 g/mol. The highest BCUT2D eigenvalue weighted by Crippen LogP contribution is 2.21. The van der Waals surface area contributed by atoms with Crippen LogP contribution in [0.25, 0.3) is 0 Å². The molecule has 1 fully saturated rings. The predicted octanol–water partition coefficient (Wildman–Crippen LogP) is 0.993. The molecule has 0 bridgehead atoms. The van der Waals surface area contributed by atoms with Crippen molar-refractivity contribution in [1.29, 1.82) is 0 Å². The largest absolute Gasteiger partial charge is 0.484 e. The number of methoxy groups -OCH3 is 2. The Labute approximate surface area is 127 Å².